The molecule has 0 fully saturated rings. The van der Waals surface area contributed by atoms with Crippen molar-refractivity contribution in [1.29, 1.82) is 0 Å². The summed E-state index contributed by atoms with van der Waals surface area (Å²) in [5, 5.41) is 9.82. The Bertz CT molecular complexity index is 1410. The quantitative estimate of drug-likeness (QED) is 0.269. The fourth-order valence-electron chi connectivity index (χ4n) is 2.70. The van der Waals surface area contributed by atoms with Gasteiger partial charge in [-0.05, 0) is 43.5 Å². The van der Waals surface area contributed by atoms with Crippen LogP contribution in [-0.4, -0.2) is 54.1 Å². The van der Waals surface area contributed by atoms with Gasteiger partial charge in [0.1, 0.15) is 12.7 Å². The molecule has 19 heteroatoms. The first-order chi connectivity index (χ1) is 18.2. The number of benzene rings is 2. The van der Waals surface area contributed by atoms with E-state index in [1.54, 1.807) is 24.3 Å². The molecule has 0 bridgehead atoms. The van der Waals surface area contributed by atoms with E-state index in [1.165, 1.54) is 12.1 Å². The van der Waals surface area contributed by atoms with Gasteiger partial charge in [-0.1, -0.05) is 43.7 Å². The van der Waals surface area contributed by atoms with E-state index in [2.05, 4.69) is 0 Å². The molecule has 0 spiro atoms. The Hall–Kier alpha value is -2.61. The van der Waals surface area contributed by atoms with E-state index in [-0.39, 0.29) is 17.3 Å². The predicted octanol–water partition coefficient (Wildman–Crippen LogP) is 4.53. The second-order valence-electron chi connectivity index (χ2n) is 7.46. The number of phenolic OH excluding ortho intramolecular Hbond substituents is 1. The van der Waals surface area contributed by atoms with E-state index in [9.17, 15) is 56.7 Å². The highest BCUT2D eigenvalue weighted by molar-refractivity contribution is 8.00. The van der Waals surface area contributed by atoms with Crippen LogP contribution < -0.4 is 4.74 Å². The highest BCUT2D eigenvalue weighted by Gasteiger charge is 2.57. The first-order valence-electron chi connectivity index (χ1n) is 10.9. The number of rotatable bonds is 6. The average molecular weight is 647 g/mol. The molecule has 0 amide bonds. The normalized spacial score (nSPS) is 15.9. The predicted molar refractivity (Wildman–Crippen MR) is 128 cm³/mol. The molecule has 1 unspecified atom stereocenters. The third-order valence-electron chi connectivity index (χ3n) is 4.56. The number of aromatic hydroxyl groups is 1. The van der Waals surface area contributed by atoms with Crippen LogP contribution in [0, 0.1) is 6.92 Å². The standard InChI is InChI=1S/C17H18O5S.C2F6O5S2.C2H6/c1-12-5-9-15(10-6-12)23(19,20)21-11-14-8-7-13-3-2-4-16(18)17(13)22-14;3-1(4,5)14(9,10)13-15(11,12)2(6,7)8;1-2/h2-6,9-10,14,18H,7-8,11H2,1H3;;1-2H3. The Morgan fingerprint density at radius 1 is 0.875 bits per heavy atom. The van der Waals surface area contributed by atoms with Crippen LogP contribution in [0.3, 0.4) is 0 Å². The summed E-state index contributed by atoms with van der Waals surface area (Å²) in [5.41, 5.74) is -10.6. The third kappa shape index (κ3) is 9.50. The number of fused-ring (bicyclic) bond motifs is 1. The van der Waals surface area contributed by atoms with Crippen molar-refractivity contribution in [3.05, 3.63) is 53.6 Å². The Labute approximate surface area is 226 Å². The molecule has 0 saturated heterocycles. The van der Waals surface area contributed by atoms with E-state index in [0.29, 0.717) is 18.6 Å². The number of ether oxygens (including phenoxy) is 1. The zero-order valence-corrected chi connectivity index (χ0v) is 23.3. The van der Waals surface area contributed by atoms with Crippen molar-refractivity contribution in [3.63, 3.8) is 0 Å². The van der Waals surface area contributed by atoms with Gasteiger partial charge in [0.2, 0.25) is 0 Å². The zero-order valence-electron chi connectivity index (χ0n) is 20.9. The number of alkyl halides is 6. The van der Waals surface area contributed by atoms with E-state index in [0.717, 1.165) is 11.1 Å². The maximum Gasteiger partial charge on any atom is 0.524 e. The molecule has 1 aliphatic rings. The van der Waals surface area contributed by atoms with Gasteiger partial charge in [-0.25, -0.2) is 0 Å². The highest BCUT2D eigenvalue weighted by Crippen LogP contribution is 2.36. The van der Waals surface area contributed by atoms with Gasteiger partial charge in [-0.3, -0.25) is 4.18 Å². The van der Waals surface area contributed by atoms with Gasteiger partial charge in [0.15, 0.2) is 11.5 Å². The lowest BCUT2D eigenvalue weighted by Crippen LogP contribution is -2.34. The summed E-state index contributed by atoms with van der Waals surface area (Å²) >= 11 is 0. The van der Waals surface area contributed by atoms with Gasteiger partial charge in [0.25, 0.3) is 10.1 Å². The van der Waals surface area contributed by atoms with Crippen molar-refractivity contribution in [3.8, 4) is 11.5 Å². The molecule has 0 radical (unpaired) electrons. The molecule has 40 heavy (non-hydrogen) atoms. The SMILES string of the molecule is CC.Cc1ccc(S(=O)(=O)OCC2CCc3cccc(O)c3O2)cc1.O=S(=O)(OS(=O)(=O)C(F)(F)F)C(F)(F)F. The van der Waals surface area contributed by atoms with Crippen LogP contribution in [0.1, 0.15) is 31.4 Å². The largest absolute Gasteiger partial charge is 0.524 e. The van der Waals surface area contributed by atoms with Crippen molar-refractivity contribution < 1.29 is 69.3 Å². The van der Waals surface area contributed by atoms with Crippen LogP contribution in [0.15, 0.2) is 47.4 Å². The molecule has 2 aromatic carbocycles. The average Bonchev–Trinajstić information content (AvgIpc) is 2.83. The monoisotopic (exact) mass is 646 g/mol. The third-order valence-corrected chi connectivity index (χ3v) is 8.42. The summed E-state index contributed by atoms with van der Waals surface area (Å²) in [6, 6.07) is 11.7. The smallest absolute Gasteiger partial charge is 0.504 e. The Kier molecular flexibility index (Phi) is 11.8. The van der Waals surface area contributed by atoms with Crippen LogP contribution >= 0.6 is 0 Å². The first-order valence-corrected chi connectivity index (χ1v) is 15.2. The van der Waals surface area contributed by atoms with E-state index >= 15 is 0 Å². The van der Waals surface area contributed by atoms with Gasteiger partial charge >= 0.3 is 31.3 Å². The van der Waals surface area contributed by atoms with Crippen molar-refractivity contribution in [2.45, 2.75) is 55.6 Å². The highest BCUT2D eigenvalue weighted by atomic mass is 32.3. The van der Waals surface area contributed by atoms with E-state index in [4.69, 9.17) is 8.92 Å². The number of halogens is 6. The van der Waals surface area contributed by atoms with Crippen molar-refractivity contribution in [2.75, 3.05) is 6.61 Å². The lowest BCUT2D eigenvalue weighted by molar-refractivity contribution is -0.0585. The van der Waals surface area contributed by atoms with Crippen LogP contribution in [0.2, 0.25) is 0 Å². The summed E-state index contributed by atoms with van der Waals surface area (Å²) in [4.78, 5) is 0.127. The maximum absolute atomic E-state index is 12.2. The molecular formula is C21H24F6O10S3. The minimum Gasteiger partial charge on any atom is -0.504 e. The van der Waals surface area contributed by atoms with Crippen LogP contribution in [-0.2, 0) is 44.6 Å². The molecular weight excluding hydrogens is 622 g/mol. The fourth-order valence-corrected chi connectivity index (χ4v) is 5.19. The number of hydrogen-bond acceptors (Lipinski definition) is 10. The molecule has 0 aromatic heterocycles. The van der Waals surface area contributed by atoms with E-state index in [1.807, 2.05) is 30.5 Å². The fraction of sp³-hybridized carbons (Fsp3) is 0.429. The molecule has 3 rings (SSSR count). The van der Waals surface area contributed by atoms with Gasteiger partial charge in [-0.15, -0.1) is 3.63 Å². The number of para-hydroxylation sites is 1. The molecule has 0 aliphatic carbocycles. The number of aryl methyl sites for hydroxylation is 2. The van der Waals surface area contributed by atoms with Crippen LogP contribution in [0.25, 0.3) is 0 Å². The summed E-state index contributed by atoms with van der Waals surface area (Å²) in [6.45, 7) is 5.81. The molecule has 1 atom stereocenters. The summed E-state index contributed by atoms with van der Waals surface area (Å²) < 4.78 is 145. The van der Waals surface area contributed by atoms with E-state index < -0.39 is 47.5 Å². The van der Waals surface area contributed by atoms with Gasteiger partial charge in [0, 0.05) is 0 Å². The molecule has 2 aromatic rings. The summed E-state index contributed by atoms with van der Waals surface area (Å²) in [7, 11) is -17.5. The Morgan fingerprint density at radius 3 is 1.85 bits per heavy atom. The lowest BCUT2D eigenvalue weighted by atomic mass is 10.0. The minimum atomic E-state index is -6.85. The Morgan fingerprint density at radius 2 is 1.38 bits per heavy atom. The molecule has 1 heterocycles. The molecule has 10 nitrogen and oxygen atoms in total. The first kappa shape index (κ1) is 35.4. The second-order valence-corrected chi connectivity index (χ2v) is 12.4. The topological polar surface area (TPSA) is 150 Å². The van der Waals surface area contributed by atoms with Gasteiger partial charge < -0.3 is 9.84 Å². The summed E-state index contributed by atoms with van der Waals surface area (Å²) in [5.74, 6) is 0.480. The van der Waals surface area contributed by atoms with Crippen molar-refractivity contribution >= 4 is 30.4 Å². The minimum absolute atomic E-state index is 0.0635. The van der Waals surface area contributed by atoms with Gasteiger partial charge in [0.05, 0.1) is 4.90 Å². The van der Waals surface area contributed by atoms with Crippen molar-refractivity contribution in [1.82, 2.24) is 0 Å². The number of hydrogen-bond donors (Lipinski definition) is 1. The van der Waals surface area contributed by atoms with Crippen LogP contribution in [0.4, 0.5) is 26.3 Å². The molecule has 0 saturated carbocycles. The maximum atomic E-state index is 12.2. The molecule has 1 N–H and O–H groups in total. The van der Waals surface area contributed by atoms with Gasteiger partial charge in [-0.2, -0.15) is 51.6 Å². The van der Waals surface area contributed by atoms with Crippen LogP contribution in [0.5, 0.6) is 11.5 Å². The lowest BCUT2D eigenvalue weighted by Gasteiger charge is -2.26. The zero-order chi connectivity index (χ0) is 31.2. The molecule has 228 valence electrons. The van der Waals surface area contributed by atoms with Crippen molar-refractivity contribution in [2.24, 2.45) is 0 Å². The summed E-state index contributed by atoms with van der Waals surface area (Å²) in [6.07, 6.45) is 0.943. The Balaban J connectivity index is 0.000000411. The number of phenols is 1. The second kappa shape index (κ2) is 13.4. The molecule has 1 aliphatic heterocycles.